The van der Waals surface area contributed by atoms with Crippen molar-refractivity contribution >= 4 is 45.1 Å². The Morgan fingerprint density at radius 2 is 2.08 bits per heavy atom. The molecule has 1 amide bonds. The second kappa shape index (κ2) is 9.57. The number of ether oxygens (including phenoxy) is 2. The van der Waals surface area contributed by atoms with Crippen LogP contribution in [0.25, 0.3) is 33.5 Å². The lowest BCUT2D eigenvalue weighted by Crippen LogP contribution is -2.46. The van der Waals surface area contributed by atoms with E-state index in [0.717, 1.165) is 64.3 Å². The molecule has 5 heterocycles. The average molecular weight is 516 g/mol. The van der Waals surface area contributed by atoms with Gasteiger partial charge in [-0.1, -0.05) is 19.7 Å². The zero-order valence-corrected chi connectivity index (χ0v) is 21.4. The molecule has 0 spiro atoms. The molecule has 2 aliphatic heterocycles. The van der Waals surface area contributed by atoms with Crippen LogP contribution in [0.4, 0.5) is 0 Å². The van der Waals surface area contributed by atoms with E-state index in [9.17, 15) is 4.79 Å². The van der Waals surface area contributed by atoms with Gasteiger partial charge in [-0.3, -0.25) is 9.36 Å². The van der Waals surface area contributed by atoms with E-state index in [0.29, 0.717) is 23.6 Å². The number of rotatable bonds is 7. The molecule has 2 N–H and O–H groups in total. The number of pyridine rings is 1. The Labute approximate surface area is 218 Å². The summed E-state index contributed by atoms with van der Waals surface area (Å²) >= 11 is 1.40. The third-order valence-corrected chi connectivity index (χ3v) is 8.06. The number of amides is 1. The van der Waals surface area contributed by atoms with E-state index in [4.69, 9.17) is 9.47 Å². The molecular formula is C28H29N5O3S. The molecule has 1 atom stereocenters. The van der Waals surface area contributed by atoms with Crippen molar-refractivity contribution in [2.75, 3.05) is 26.3 Å². The average Bonchev–Trinajstić information content (AvgIpc) is 3.26. The SMILES string of the molecule is C=CC(=C)N1CCC[C@@H](NC(=O)c2sc3nccc4c3c2[nH]c(=C)n4-c2ccc(OC3COC3)cc2)C1. The van der Waals surface area contributed by atoms with Gasteiger partial charge in [0.05, 0.1) is 29.6 Å². The molecule has 2 aliphatic rings. The molecule has 8 nitrogen and oxygen atoms in total. The normalized spacial score (nSPS) is 18.1. The van der Waals surface area contributed by atoms with E-state index in [1.807, 2.05) is 34.9 Å². The molecule has 0 radical (unpaired) electrons. The lowest BCUT2D eigenvalue weighted by atomic mass is 10.0. The van der Waals surface area contributed by atoms with E-state index >= 15 is 0 Å². The monoisotopic (exact) mass is 515 g/mol. The fourth-order valence-electron chi connectivity index (χ4n) is 5.00. The number of H-pyrrole nitrogens is 1. The van der Waals surface area contributed by atoms with Gasteiger partial charge in [0.25, 0.3) is 5.91 Å². The molecule has 3 aromatic heterocycles. The van der Waals surface area contributed by atoms with E-state index in [2.05, 4.69) is 39.9 Å². The van der Waals surface area contributed by atoms with Gasteiger partial charge < -0.3 is 24.7 Å². The molecule has 2 saturated heterocycles. The smallest absolute Gasteiger partial charge is 0.263 e. The third-order valence-electron chi connectivity index (χ3n) is 6.96. The van der Waals surface area contributed by atoms with E-state index < -0.39 is 0 Å². The fraction of sp³-hybridized carbons (Fsp3) is 0.286. The molecule has 190 valence electrons. The number of nitrogens with one attached hydrogen (secondary N) is 2. The minimum Gasteiger partial charge on any atom is -0.486 e. The van der Waals surface area contributed by atoms with E-state index in [-0.39, 0.29) is 18.1 Å². The van der Waals surface area contributed by atoms with Crippen molar-refractivity contribution in [1.82, 2.24) is 24.8 Å². The second-order valence-corrected chi connectivity index (χ2v) is 10.4. The Morgan fingerprint density at radius 3 is 2.81 bits per heavy atom. The summed E-state index contributed by atoms with van der Waals surface area (Å²) in [5.41, 5.74) is 4.19. The first-order chi connectivity index (χ1) is 18.0. The van der Waals surface area contributed by atoms with Crippen LogP contribution < -0.4 is 15.5 Å². The first-order valence-corrected chi connectivity index (χ1v) is 13.2. The molecule has 37 heavy (non-hydrogen) atoms. The van der Waals surface area contributed by atoms with Gasteiger partial charge in [0.1, 0.15) is 27.0 Å². The molecular weight excluding hydrogens is 486 g/mol. The van der Waals surface area contributed by atoms with Crippen LogP contribution in [0.5, 0.6) is 5.75 Å². The molecule has 4 aromatic rings. The van der Waals surface area contributed by atoms with Crippen molar-refractivity contribution in [2.24, 2.45) is 0 Å². The summed E-state index contributed by atoms with van der Waals surface area (Å²) in [6.07, 6.45) is 5.58. The van der Waals surface area contributed by atoms with Crippen molar-refractivity contribution < 1.29 is 14.3 Å². The van der Waals surface area contributed by atoms with Gasteiger partial charge in [0.15, 0.2) is 0 Å². The molecule has 1 aromatic carbocycles. The Kier molecular flexibility index (Phi) is 6.10. The molecule has 9 heteroatoms. The zero-order valence-electron chi connectivity index (χ0n) is 20.5. The van der Waals surface area contributed by atoms with Crippen molar-refractivity contribution in [3.63, 3.8) is 0 Å². The van der Waals surface area contributed by atoms with Gasteiger partial charge in [0, 0.05) is 36.7 Å². The predicted octanol–water partition coefficient (Wildman–Crippen LogP) is 3.93. The van der Waals surface area contributed by atoms with Gasteiger partial charge in [-0.2, -0.15) is 0 Å². The lowest BCUT2D eigenvalue weighted by Gasteiger charge is -2.34. The highest BCUT2D eigenvalue weighted by Gasteiger charge is 2.26. The van der Waals surface area contributed by atoms with Gasteiger partial charge in [-0.05, 0) is 49.2 Å². The number of aromatic nitrogens is 3. The summed E-state index contributed by atoms with van der Waals surface area (Å²) in [6.45, 7) is 15.1. The largest absolute Gasteiger partial charge is 0.486 e. The standard InChI is InChI=1S/C28H29N5O3S/c1-4-17(2)32-13-5-6-19(14-32)31-27(34)26-25-24-23(11-12-29-28(24)37-26)33(18(3)30-25)20-7-9-21(10-8-20)36-22-15-35-16-22/h4,7-12,19,22,30H,1-3,5-6,13-16H2,(H,31,34)/t19-/m1/s1. The van der Waals surface area contributed by atoms with Crippen LogP contribution in [-0.2, 0) is 4.74 Å². The van der Waals surface area contributed by atoms with Crippen LogP contribution in [0, 0.1) is 0 Å². The number of carbonyl (C=O) groups is 1. The van der Waals surface area contributed by atoms with Crippen LogP contribution >= 0.6 is 11.3 Å². The van der Waals surface area contributed by atoms with Crippen LogP contribution in [0.3, 0.4) is 0 Å². The molecule has 6 rings (SSSR count). The van der Waals surface area contributed by atoms with Crippen LogP contribution in [0.15, 0.2) is 61.5 Å². The maximum Gasteiger partial charge on any atom is 0.263 e. The number of hydrogen-bond acceptors (Lipinski definition) is 6. The highest BCUT2D eigenvalue weighted by molar-refractivity contribution is 7.21. The van der Waals surface area contributed by atoms with Crippen molar-refractivity contribution in [1.29, 1.82) is 0 Å². The zero-order chi connectivity index (χ0) is 25.5. The second-order valence-electron chi connectivity index (χ2n) is 9.45. The van der Waals surface area contributed by atoms with Gasteiger partial charge in [-0.25, -0.2) is 4.98 Å². The molecule has 2 fully saturated rings. The Bertz CT molecular complexity index is 1560. The van der Waals surface area contributed by atoms with Crippen molar-refractivity contribution in [3.8, 4) is 11.4 Å². The minimum atomic E-state index is -0.102. The topological polar surface area (TPSA) is 84.4 Å². The Hall–Kier alpha value is -3.82. The number of nitrogens with zero attached hydrogens (tertiary/aromatic N) is 3. The Morgan fingerprint density at radius 1 is 1.27 bits per heavy atom. The molecule has 0 aliphatic carbocycles. The third kappa shape index (κ3) is 4.34. The fourth-order valence-corrected chi connectivity index (χ4v) is 6.02. The first-order valence-electron chi connectivity index (χ1n) is 12.4. The maximum absolute atomic E-state index is 13.5. The number of carbonyl (C=O) groups excluding carboxylic acids is 1. The lowest BCUT2D eigenvalue weighted by molar-refractivity contribution is -0.0796. The van der Waals surface area contributed by atoms with Gasteiger partial charge in [0.2, 0.25) is 0 Å². The Balaban J connectivity index is 1.32. The highest BCUT2D eigenvalue weighted by Crippen LogP contribution is 2.34. The summed E-state index contributed by atoms with van der Waals surface area (Å²) in [5, 5.41) is 4.15. The highest BCUT2D eigenvalue weighted by atomic mass is 32.1. The number of benzene rings is 1. The maximum atomic E-state index is 13.5. The van der Waals surface area contributed by atoms with Crippen molar-refractivity contribution in [2.45, 2.75) is 25.0 Å². The van der Waals surface area contributed by atoms with Crippen LogP contribution in [-0.4, -0.2) is 63.8 Å². The van der Waals surface area contributed by atoms with E-state index in [1.54, 1.807) is 12.3 Å². The number of allylic oxidation sites excluding steroid dienone is 1. The summed E-state index contributed by atoms with van der Waals surface area (Å²) in [6, 6.07) is 9.92. The first kappa shape index (κ1) is 23.6. The summed E-state index contributed by atoms with van der Waals surface area (Å²) < 4.78 is 13.1. The number of likely N-dealkylation sites (tertiary alicyclic amines) is 1. The van der Waals surface area contributed by atoms with Crippen LogP contribution in [0.2, 0.25) is 0 Å². The number of aromatic amines is 1. The summed E-state index contributed by atoms with van der Waals surface area (Å²) in [4.78, 5) is 25.0. The molecule has 0 bridgehead atoms. The predicted molar refractivity (Wildman–Crippen MR) is 147 cm³/mol. The van der Waals surface area contributed by atoms with E-state index in [1.165, 1.54) is 11.3 Å². The summed E-state index contributed by atoms with van der Waals surface area (Å²) in [7, 11) is 0. The minimum absolute atomic E-state index is 0.0401. The quantitative estimate of drug-likeness (QED) is 0.365. The van der Waals surface area contributed by atoms with Gasteiger partial charge >= 0.3 is 0 Å². The van der Waals surface area contributed by atoms with Crippen molar-refractivity contribution in [3.05, 3.63) is 71.8 Å². The molecule has 0 unspecified atom stereocenters. The van der Waals surface area contributed by atoms with Gasteiger partial charge in [-0.15, -0.1) is 11.3 Å². The summed E-state index contributed by atoms with van der Waals surface area (Å²) in [5.74, 6) is 0.705. The number of piperidine rings is 1. The molecule has 0 saturated carbocycles. The number of hydrogen-bond donors (Lipinski definition) is 2. The van der Waals surface area contributed by atoms with Crippen LogP contribution in [0.1, 0.15) is 22.5 Å². The number of thiophene rings is 1.